The van der Waals surface area contributed by atoms with Gasteiger partial charge in [0.05, 0.1) is 12.2 Å². The summed E-state index contributed by atoms with van der Waals surface area (Å²) in [5.74, 6) is 0.545. The molecule has 1 spiro atoms. The minimum atomic E-state index is 0.360. The zero-order valence-electron chi connectivity index (χ0n) is 12.4. The molecule has 20 heavy (non-hydrogen) atoms. The second-order valence-corrected chi connectivity index (χ2v) is 7.03. The molecule has 2 fully saturated rings. The van der Waals surface area contributed by atoms with Gasteiger partial charge in [-0.15, -0.1) is 0 Å². The standard InChI is InChI=1S/C17H24ClNO/c1-12-9-17(10-13(2)20-12)6-7-19-11-16(17)14-4-3-5-15(18)8-14/h3-5,8,12-13,16,19H,6-7,9-11H2,1-2H3. The van der Waals surface area contributed by atoms with E-state index in [1.54, 1.807) is 0 Å². The van der Waals surface area contributed by atoms with Crippen molar-refractivity contribution in [3.05, 3.63) is 34.9 Å². The van der Waals surface area contributed by atoms with E-state index in [0.717, 1.165) is 31.0 Å². The summed E-state index contributed by atoms with van der Waals surface area (Å²) in [5, 5.41) is 4.41. The molecule has 0 aromatic heterocycles. The van der Waals surface area contributed by atoms with Crippen LogP contribution in [0.3, 0.4) is 0 Å². The molecule has 0 radical (unpaired) electrons. The second-order valence-electron chi connectivity index (χ2n) is 6.59. The van der Waals surface area contributed by atoms with Crippen LogP contribution in [-0.4, -0.2) is 25.3 Å². The van der Waals surface area contributed by atoms with E-state index < -0.39 is 0 Å². The summed E-state index contributed by atoms with van der Waals surface area (Å²) in [5.41, 5.74) is 1.75. The number of hydrogen-bond acceptors (Lipinski definition) is 2. The van der Waals surface area contributed by atoms with Crippen LogP contribution in [0.15, 0.2) is 24.3 Å². The van der Waals surface area contributed by atoms with Gasteiger partial charge in [0.25, 0.3) is 0 Å². The van der Waals surface area contributed by atoms with Gasteiger partial charge in [0.1, 0.15) is 0 Å². The molecule has 2 aliphatic heterocycles. The van der Waals surface area contributed by atoms with Crippen LogP contribution in [0.4, 0.5) is 0 Å². The first kappa shape index (κ1) is 14.4. The summed E-state index contributed by atoms with van der Waals surface area (Å²) in [6, 6.07) is 8.41. The summed E-state index contributed by atoms with van der Waals surface area (Å²) in [6.07, 6.45) is 4.28. The van der Waals surface area contributed by atoms with Crippen LogP contribution < -0.4 is 5.32 Å². The van der Waals surface area contributed by atoms with Gasteiger partial charge in [0.2, 0.25) is 0 Å². The smallest absolute Gasteiger partial charge is 0.0556 e. The van der Waals surface area contributed by atoms with Gasteiger partial charge < -0.3 is 10.1 Å². The maximum atomic E-state index is 6.20. The first-order valence-electron chi connectivity index (χ1n) is 7.71. The molecule has 3 atom stereocenters. The largest absolute Gasteiger partial charge is 0.376 e. The minimum Gasteiger partial charge on any atom is -0.376 e. The van der Waals surface area contributed by atoms with Crippen molar-refractivity contribution < 1.29 is 4.74 Å². The van der Waals surface area contributed by atoms with Crippen molar-refractivity contribution in [3.63, 3.8) is 0 Å². The minimum absolute atomic E-state index is 0.360. The molecule has 3 heteroatoms. The number of ether oxygens (including phenoxy) is 1. The SMILES string of the molecule is CC1CC2(CCNCC2c2cccc(Cl)c2)CC(C)O1. The van der Waals surface area contributed by atoms with Crippen LogP contribution in [0.25, 0.3) is 0 Å². The van der Waals surface area contributed by atoms with E-state index >= 15 is 0 Å². The zero-order valence-corrected chi connectivity index (χ0v) is 13.1. The predicted molar refractivity (Wildman–Crippen MR) is 83.4 cm³/mol. The Morgan fingerprint density at radius 1 is 1.25 bits per heavy atom. The van der Waals surface area contributed by atoms with Gasteiger partial charge in [0.15, 0.2) is 0 Å². The topological polar surface area (TPSA) is 21.3 Å². The van der Waals surface area contributed by atoms with Crippen molar-refractivity contribution in [1.82, 2.24) is 5.32 Å². The van der Waals surface area contributed by atoms with Crippen molar-refractivity contribution in [2.75, 3.05) is 13.1 Å². The van der Waals surface area contributed by atoms with Gasteiger partial charge in [-0.05, 0) is 62.8 Å². The van der Waals surface area contributed by atoms with E-state index in [2.05, 4.69) is 37.4 Å². The van der Waals surface area contributed by atoms with Gasteiger partial charge >= 0.3 is 0 Å². The Kier molecular flexibility index (Phi) is 4.07. The molecule has 1 aromatic carbocycles. The Morgan fingerprint density at radius 3 is 2.70 bits per heavy atom. The number of hydrogen-bond donors (Lipinski definition) is 1. The molecule has 0 amide bonds. The lowest BCUT2D eigenvalue weighted by Gasteiger charge is -2.50. The van der Waals surface area contributed by atoms with Gasteiger partial charge in [-0.2, -0.15) is 0 Å². The lowest BCUT2D eigenvalue weighted by molar-refractivity contribution is -0.103. The number of rotatable bonds is 1. The second kappa shape index (κ2) is 5.67. The number of benzene rings is 1. The average Bonchev–Trinajstić information content (AvgIpc) is 2.37. The highest BCUT2D eigenvalue weighted by atomic mass is 35.5. The molecule has 0 saturated carbocycles. The van der Waals surface area contributed by atoms with E-state index in [-0.39, 0.29) is 0 Å². The van der Waals surface area contributed by atoms with E-state index in [9.17, 15) is 0 Å². The van der Waals surface area contributed by atoms with E-state index in [1.807, 2.05) is 6.07 Å². The maximum absolute atomic E-state index is 6.20. The molecule has 3 unspecified atom stereocenters. The summed E-state index contributed by atoms with van der Waals surface area (Å²) in [6.45, 7) is 6.61. The molecule has 2 saturated heterocycles. The highest BCUT2D eigenvalue weighted by molar-refractivity contribution is 6.30. The number of nitrogens with one attached hydrogen (secondary N) is 1. The van der Waals surface area contributed by atoms with Crippen LogP contribution in [0, 0.1) is 5.41 Å². The highest BCUT2D eigenvalue weighted by Gasteiger charge is 2.46. The molecular weight excluding hydrogens is 270 g/mol. The third kappa shape index (κ3) is 2.74. The van der Waals surface area contributed by atoms with Gasteiger partial charge in [0, 0.05) is 17.5 Å². The molecular formula is C17H24ClNO. The third-order valence-corrected chi connectivity index (χ3v) is 5.23. The molecule has 110 valence electrons. The normalized spacial score (nSPS) is 38.0. The van der Waals surface area contributed by atoms with Crippen LogP contribution in [0.2, 0.25) is 5.02 Å². The Labute approximate surface area is 126 Å². The Hall–Kier alpha value is -0.570. The van der Waals surface area contributed by atoms with Crippen LogP contribution in [-0.2, 0) is 4.74 Å². The Morgan fingerprint density at radius 2 is 2.00 bits per heavy atom. The predicted octanol–water partition coefficient (Wildman–Crippen LogP) is 3.99. The first-order chi connectivity index (χ1) is 9.59. The fourth-order valence-corrected chi connectivity index (χ4v) is 4.58. The molecule has 1 aromatic rings. The maximum Gasteiger partial charge on any atom is 0.0556 e. The summed E-state index contributed by atoms with van der Waals surface area (Å²) >= 11 is 6.20. The first-order valence-corrected chi connectivity index (χ1v) is 8.08. The molecule has 2 heterocycles. The van der Waals surface area contributed by atoms with Crippen LogP contribution >= 0.6 is 11.6 Å². The summed E-state index contributed by atoms with van der Waals surface area (Å²) in [4.78, 5) is 0. The van der Waals surface area contributed by atoms with Crippen LogP contribution in [0.1, 0.15) is 44.6 Å². The van der Waals surface area contributed by atoms with Crippen molar-refractivity contribution in [2.24, 2.45) is 5.41 Å². The Bertz CT molecular complexity index is 466. The molecule has 3 rings (SSSR count). The van der Waals surface area contributed by atoms with Crippen molar-refractivity contribution in [2.45, 2.75) is 51.2 Å². The lowest BCUT2D eigenvalue weighted by Crippen LogP contribution is -2.49. The summed E-state index contributed by atoms with van der Waals surface area (Å²) < 4.78 is 5.98. The van der Waals surface area contributed by atoms with E-state index in [4.69, 9.17) is 16.3 Å². The molecule has 1 N–H and O–H groups in total. The highest BCUT2D eigenvalue weighted by Crippen LogP contribution is 2.51. The van der Waals surface area contributed by atoms with E-state index in [1.165, 1.54) is 12.0 Å². The summed E-state index contributed by atoms with van der Waals surface area (Å²) in [7, 11) is 0. The molecule has 0 aliphatic carbocycles. The van der Waals surface area contributed by atoms with Gasteiger partial charge in [-0.1, -0.05) is 23.7 Å². The molecule has 0 bridgehead atoms. The quantitative estimate of drug-likeness (QED) is 0.845. The number of piperidine rings is 1. The van der Waals surface area contributed by atoms with Gasteiger partial charge in [-0.25, -0.2) is 0 Å². The third-order valence-electron chi connectivity index (χ3n) is 4.99. The van der Waals surface area contributed by atoms with Gasteiger partial charge in [-0.3, -0.25) is 0 Å². The Balaban J connectivity index is 1.94. The van der Waals surface area contributed by atoms with Crippen LogP contribution in [0.5, 0.6) is 0 Å². The van der Waals surface area contributed by atoms with Crippen molar-refractivity contribution in [1.29, 1.82) is 0 Å². The zero-order chi connectivity index (χ0) is 14.2. The molecule has 2 aliphatic rings. The molecule has 2 nitrogen and oxygen atoms in total. The average molecular weight is 294 g/mol. The van der Waals surface area contributed by atoms with Crippen molar-refractivity contribution >= 4 is 11.6 Å². The van der Waals surface area contributed by atoms with Crippen molar-refractivity contribution in [3.8, 4) is 0 Å². The fraction of sp³-hybridized carbons (Fsp3) is 0.647. The van der Waals surface area contributed by atoms with E-state index in [0.29, 0.717) is 23.5 Å². The lowest BCUT2D eigenvalue weighted by atomic mass is 9.61. The number of halogens is 1. The fourth-order valence-electron chi connectivity index (χ4n) is 4.38. The monoisotopic (exact) mass is 293 g/mol.